The zero-order chi connectivity index (χ0) is 19.4. The molecule has 0 aliphatic carbocycles. The van der Waals surface area contributed by atoms with E-state index in [4.69, 9.17) is 12.2 Å². The van der Waals surface area contributed by atoms with Crippen LogP contribution in [0.3, 0.4) is 0 Å². The monoisotopic (exact) mass is 396 g/mol. The SMILES string of the molecule is Cc1ccc(NC(=S)N2CCSC2c2ccc(C#CC(C)(C)O)cc2)cc1. The van der Waals surface area contributed by atoms with Gasteiger partial charge in [0.05, 0.1) is 0 Å². The molecule has 0 saturated carbocycles. The van der Waals surface area contributed by atoms with Gasteiger partial charge in [-0.05, 0) is 62.8 Å². The molecule has 3 rings (SSSR count). The summed E-state index contributed by atoms with van der Waals surface area (Å²) in [5.74, 6) is 6.90. The minimum Gasteiger partial charge on any atom is -0.378 e. The van der Waals surface area contributed by atoms with E-state index in [1.807, 2.05) is 23.9 Å². The Balaban J connectivity index is 1.70. The lowest BCUT2D eigenvalue weighted by Crippen LogP contribution is -2.34. The van der Waals surface area contributed by atoms with Crippen molar-refractivity contribution in [1.29, 1.82) is 0 Å². The molecule has 0 spiro atoms. The van der Waals surface area contributed by atoms with Gasteiger partial charge in [0.25, 0.3) is 0 Å². The van der Waals surface area contributed by atoms with Crippen molar-refractivity contribution in [2.24, 2.45) is 0 Å². The van der Waals surface area contributed by atoms with Crippen LogP contribution in [0.1, 0.15) is 35.9 Å². The summed E-state index contributed by atoms with van der Waals surface area (Å²) in [6.07, 6.45) is 0. The standard InChI is InChI=1S/C22H24N2OS2/c1-16-4-10-19(11-5-16)23-21(26)24-14-15-27-20(24)18-8-6-17(7-9-18)12-13-22(2,3)25/h4-11,20,25H,14-15H2,1-3H3,(H,23,26). The molecular weight excluding hydrogens is 372 g/mol. The highest BCUT2D eigenvalue weighted by atomic mass is 32.2. The van der Waals surface area contributed by atoms with Crippen LogP contribution in [0.25, 0.3) is 0 Å². The normalized spacial score (nSPS) is 16.6. The van der Waals surface area contributed by atoms with Gasteiger partial charge < -0.3 is 15.3 Å². The van der Waals surface area contributed by atoms with E-state index in [-0.39, 0.29) is 5.37 Å². The van der Waals surface area contributed by atoms with Crippen molar-refractivity contribution in [2.75, 3.05) is 17.6 Å². The van der Waals surface area contributed by atoms with Gasteiger partial charge in [-0.1, -0.05) is 41.7 Å². The number of benzene rings is 2. The Morgan fingerprint density at radius 3 is 2.48 bits per heavy atom. The minimum atomic E-state index is -0.982. The van der Waals surface area contributed by atoms with Crippen LogP contribution in [0.5, 0.6) is 0 Å². The molecule has 27 heavy (non-hydrogen) atoms. The summed E-state index contributed by atoms with van der Waals surface area (Å²) in [6.45, 7) is 6.37. The highest BCUT2D eigenvalue weighted by Gasteiger charge is 2.28. The molecule has 5 heteroatoms. The number of aryl methyl sites for hydroxylation is 1. The molecule has 2 aromatic rings. The Labute approximate surface area is 171 Å². The summed E-state index contributed by atoms with van der Waals surface area (Å²) in [7, 11) is 0. The molecule has 0 radical (unpaired) electrons. The van der Waals surface area contributed by atoms with Crippen LogP contribution in [0.4, 0.5) is 5.69 Å². The smallest absolute Gasteiger partial charge is 0.174 e. The number of anilines is 1. The topological polar surface area (TPSA) is 35.5 Å². The molecule has 1 heterocycles. The van der Waals surface area contributed by atoms with Crippen LogP contribution in [0.2, 0.25) is 0 Å². The first kappa shape index (κ1) is 19.8. The first-order valence-electron chi connectivity index (χ1n) is 8.93. The summed E-state index contributed by atoms with van der Waals surface area (Å²) in [4.78, 5) is 2.23. The molecule has 0 aromatic heterocycles. The number of nitrogens with zero attached hydrogens (tertiary/aromatic N) is 1. The van der Waals surface area contributed by atoms with E-state index in [2.05, 4.69) is 65.4 Å². The lowest BCUT2D eigenvalue weighted by atomic mass is 10.1. The van der Waals surface area contributed by atoms with Gasteiger partial charge in [0, 0.05) is 23.5 Å². The number of hydrogen-bond donors (Lipinski definition) is 2. The predicted molar refractivity (Wildman–Crippen MR) is 119 cm³/mol. The molecule has 140 valence electrons. The van der Waals surface area contributed by atoms with Crippen LogP contribution >= 0.6 is 24.0 Å². The molecular formula is C22H24N2OS2. The molecule has 2 aromatic carbocycles. The minimum absolute atomic E-state index is 0.201. The van der Waals surface area contributed by atoms with E-state index in [0.29, 0.717) is 0 Å². The Morgan fingerprint density at radius 1 is 1.19 bits per heavy atom. The molecule has 1 aliphatic heterocycles. The first-order valence-corrected chi connectivity index (χ1v) is 10.4. The molecule has 0 bridgehead atoms. The van der Waals surface area contributed by atoms with E-state index in [1.54, 1.807) is 13.8 Å². The fourth-order valence-corrected chi connectivity index (χ4v) is 4.39. The number of nitrogens with one attached hydrogen (secondary N) is 1. The van der Waals surface area contributed by atoms with E-state index in [9.17, 15) is 5.11 Å². The molecule has 1 saturated heterocycles. The second-order valence-corrected chi connectivity index (χ2v) is 8.72. The number of thioether (sulfide) groups is 1. The fraction of sp³-hybridized carbons (Fsp3) is 0.318. The highest BCUT2D eigenvalue weighted by molar-refractivity contribution is 7.99. The highest BCUT2D eigenvalue weighted by Crippen LogP contribution is 2.38. The average molecular weight is 397 g/mol. The maximum absolute atomic E-state index is 9.73. The van der Waals surface area contributed by atoms with Crippen molar-refractivity contribution < 1.29 is 5.11 Å². The van der Waals surface area contributed by atoms with Crippen LogP contribution in [-0.2, 0) is 0 Å². The van der Waals surface area contributed by atoms with Crippen molar-refractivity contribution in [3.63, 3.8) is 0 Å². The maximum atomic E-state index is 9.73. The van der Waals surface area contributed by atoms with Crippen LogP contribution in [0, 0.1) is 18.8 Å². The third-order valence-electron chi connectivity index (χ3n) is 4.16. The van der Waals surface area contributed by atoms with Crippen LogP contribution < -0.4 is 5.32 Å². The van der Waals surface area contributed by atoms with Gasteiger partial charge in [0.1, 0.15) is 11.0 Å². The molecule has 1 unspecified atom stereocenters. The van der Waals surface area contributed by atoms with Crippen molar-refractivity contribution in [3.05, 3.63) is 65.2 Å². The Bertz CT molecular complexity index is 858. The average Bonchev–Trinajstić information content (AvgIpc) is 3.12. The van der Waals surface area contributed by atoms with E-state index in [1.165, 1.54) is 11.1 Å². The van der Waals surface area contributed by atoms with Crippen LogP contribution in [-0.4, -0.2) is 33.0 Å². The first-order chi connectivity index (χ1) is 12.8. The van der Waals surface area contributed by atoms with Crippen LogP contribution in [0.15, 0.2) is 48.5 Å². The van der Waals surface area contributed by atoms with Gasteiger partial charge in [-0.25, -0.2) is 0 Å². The zero-order valence-electron chi connectivity index (χ0n) is 15.8. The van der Waals surface area contributed by atoms with Crippen molar-refractivity contribution in [2.45, 2.75) is 31.7 Å². The van der Waals surface area contributed by atoms with E-state index < -0.39 is 5.60 Å². The van der Waals surface area contributed by atoms with Gasteiger partial charge in [0.15, 0.2) is 5.11 Å². The third-order valence-corrected chi connectivity index (χ3v) is 5.76. The molecule has 3 nitrogen and oxygen atoms in total. The number of hydrogen-bond acceptors (Lipinski definition) is 3. The molecule has 0 amide bonds. The molecule has 1 fully saturated rings. The summed E-state index contributed by atoms with van der Waals surface area (Å²) in [5, 5.41) is 14.0. The van der Waals surface area contributed by atoms with Gasteiger partial charge >= 0.3 is 0 Å². The zero-order valence-corrected chi connectivity index (χ0v) is 17.5. The lowest BCUT2D eigenvalue weighted by molar-refractivity contribution is 0.143. The summed E-state index contributed by atoms with van der Waals surface area (Å²) in [5.41, 5.74) is 3.37. The molecule has 1 aliphatic rings. The maximum Gasteiger partial charge on any atom is 0.174 e. The van der Waals surface area contributed by atoms with Crippen molar-refractivity contribution >= 4 is 34.8 Å². The predicted octanol–water partition coefficient (Wildman–Crippen LogP) is 4.56. The fourth-order valence-electron chi connectivity index (χ4n) is 2.74. The number of thiocarbonyl (C=S) groups is 1. The van der Waals surface area contributed by atoms with Gasteiger partial charge in [-0.3, -0.25) is 0 Å². The summed E-state index contributed by atoms with van der Waals surface area (Å²) in [6, 6.07) is 16.5. The lowest BCUT2D eigenvalue weighted by Gasteiger charge is -2.27. The Hall–Kier alpha value is -2.00. The third kappa shape index (κ3) is 5.49. The Kier molecular flexibility index (Phi) is 6.11. The van der Waals surface area contributed by atoms with Gasteiger partial charge in [0.2, 0.25) is 0 Å². The van der Waals surface area contributed by atoms with Crippen molar-refractivity contribution in [1.82, 2.24) is 4.90 Å². The quantitative estimate of drug-likeness (QED) is 0.575. The Morgan fingerprint density at radius 2 is 1.85 bits per heavy atom. The largest absolute Gasteiger partial charge is 0.378 e. The summed E-state index contributed by atoms with van der Waals surface area (Å²) >= 11 is 7.56. The second kappa shape index (κ2) is 8.35. The summed E-state index contributed by atoms with van der Waals surface area (Å²) < 4.78 is 0. The van der Waals surface area contributed by atoms with E-state index >= 15 is 0 Å². The number of rotatable bonds is 2. The molecule has 2 N–H and O–H groups in total. The van der Waals surface area contributed by atoms with Gasteiger partial charge in [-0.2, -0.15) is 0 Å². The van der Waals surface area contributed by atoms with E-state index in [0.717, 1.165) is 28.7 Å². The van der Waals surface area contributed by atoms with Crippen molar-refractivity contribution in [3.8, 4) is 11.8 Å². The number of aliphatic hydroxyl groups is 1. The van der Waals surface area contributed by atoms with Gasteiger partial charge in [-0.15, -0.1) is 11.8 Å². The second-order valence-electron chi connectivity index (χ2n) is 7.14. The molecule has 1 atom stereocenters.